The Morgan fingerprint density at radius 2 is 1.91 bits per heavy atom. The van der Waals surface area contributed by atoms with E-state index in [1.54, 1.807) is 18.5 Å². The SMILES string of the molecule is C[Si](C)(C)CCOCn1nccc1-c1ccc(Oc2ccc3nc(CO)ccc3c2)nc1. The number of pyridine rings is 2. The molecule has 0 fully saturated rings. The molecule has 0 atom stereocenters. The molecule has 8 heteroatoms. The average molecular weight is 449 g/mol. The van der Waals surface area contributed by atoms with Gasteiger partial charge in [-0.05, 0) is 42.4 Å². The normalized spacial score (nSPS) is 11.8. The Bertz CT molecular complexity index is 1190. The van der Waals surface area contributed by atoms with Crippen molar-refractivity contribution in [3.05, 3.63) is 66.6 Å². The lowest BCUT2D eigenvalue weighted by atomic mass is 10.2. The number of hydrogen-bond donors (Lipinski definition) is 1. The second-order valence-electron chi connectivity index (χ2n) is 8.87. The molecule has 7 nitrogen and oxygen atoms in total. The lowest BCUT2D eigenvalue weighted by molar-refractivity contribution is 0.0798. The second-order valence-corrected chi connectivity index (χ2v) is 14.5. The van der Waals surface area contributed by atoms with Crippen molar-refractivity contribution >= 4 is 19.0 Å². The van der Waals surface area contributed by atoms with Crippen molar-refractivity contribution in [2.45, 2.75) is 39.0 Å². The molecule has 0 saturated heterocycles. The van der Waals surface area contributed by atoms with Gasteiger partial charge in [0.1, 0.15) is 12.5 Å². The molecule has 166 valence electrons. The summed E-state index contributed by atoms with van der Waals surface area (Å²) in [6, 6.07) is 16.2. The van der Waals surface area contributed by atoms with Gasteiger partial charge < -0.3 is 14.6 Å². The highest BCUT2D eigenvalue weighted by Gasteiger charge is 2.13. The van der Waals surface area contributed by atoms with Gasteiger partial charge in [0.05, 0.1) is 23.5 Å². The van der Waals surface area contributed by atoms with Gasteiger partial charge in [-0.2, -0.15) is 5.10 Å². The number of nitrogens with zero attached hydrogens (tertiary/aromatic N) is 4. The molecule has 4 aromatic rings. The third-order valence-corrected chi connectivity index (χ3v) is 6.77. The summed E-state index contributed by atoms with van der Waals surface area (Å²) in [5.41, 5.74) is 3.35. The topological polar surface area (TPSA) is 82.3 Å². The van der Waals surface area contributed by atoms with Crippen LogP contribution in [-0.4, -0.2) is 39.5 Å². The minimum absolute atomic E-state index is 0.0754. The van der Waals surface area contributed by atoms with Crippen molar-refractivity contribution in [2.24, 2.45) is 0 Å². The molecule has 1 N–H and O–H groups in total. The maximum absolute atomic E-state index is 9.23. The van der Waals surface area contributed by atoms with Crippen LogP contribution in [0.2, 0.25) is 25.7 Å². The highest BCUT2D eigenvalue weighted by molar-refractivity contribution is 6.76. The number of aromatic nitrogens is 4. The Morgan fingerprint density at radius 1 is 1.03 bits per heavy atom. The van der Waals surface area contributed by atoms with E-state index < -0.39 is 8.07 Å². The van der Waals surface area contributed by atoms with Crippen molar-refractivity contribution in [3.63, 3.8) is 0 Å². The van der Waals surface area contributed by atoms with E-state index in [0.29, 0.717) is 24.1 Å². The van der Waals surface area contributed by atoms with E-state index in [1.165, 1.54) is 0 Å². The number of fused-ring (bicyclic) bond motifs is 1. The van der Waals surface area contributed by atoms with E-state index in [9.17, 15) is 5.11 Å². The van der Waals surface area contributed by atoms with E-state index in [0.717, 1.165) is 34.8 Å². The van der Waals surface area contributed by atoms with E-state index >= 15 is 0 Å². The summed E-state index contributed by atoms with van der Waals surface area (Å²) in [5, 5.41) is 14.6. The number of rotatable bonds is 9. The minimum atomic E-state index is -1.11. The summed E-state index contributed by atoms with van der Waals surface area (Å²) in [7, 11) is -1.11. The monoisotopic (exact) mass is 448 g/mol. The van der Waals surface area contributed by atoms with Gasteiger partial charge in [0, 0.05) is 44.1 Å². The molecule has 3 aromatic heterocycles. The van der Waals surface area contributed by atoms with Gasteiger partial charge in [-0.15, -0.1) is 0 Å². The van der Waals surface area contributed by atoms with Crippen molar-refractivity contribution in [2.75, 3.05) is 6.61 Å². The lowest BCUT2D eigenvalue weighted by Crippen LogP contribution is -2.22. The summed E-state index contributed by atoms with van der Waals surface area (Å²) in [4.78, 5) is 8.85. The number of benzene rings is 1. The highest BCUT2D eigenvalue weighted by atomic mass is 28.3. The predicted molar refractivity (Wildman–Crippen MR) is 127 cm³/mol. The number of hydrogen-bond acceptors (Lipinski definition) is 6. The number of aliphatic hydroxyl groups excluding tert-OH is 1. The smallest absolute Gasteiger partial charge is 0.219 e. The molecule has 0 unspecified atom stereocenters. The summed E-state index contributed by atoms with van der Waals surface area (Å²) in [6.07, 6.45) is 3.55. The molecule has 0 aliphatic carbocycles. The van der Waals surface area contributed by atoms with Gasteiger partial charge in [-0.25, -0.2) is 9.67 Å². The molecule has 1 aromatic carbocycles. The third kappa shape index (κ3) is 5.59. The Hall–Kier alpha value is -3.07. The summed E-state index contributed by atoms with van der Waals surface area (Å²) < 4.78 is 13.6. The first-order chi connectivity index (χ1) is 15.4. The zero-order valence-corrected chi connectivity index (χ0v) is 19.7. The maximum atomic E-state index is 9.23. The van der Waals surface area contributed by atoms with Gasteiger partial charge >= 0.3 is 0 Å². The zero-order chi connectivity index (χ0) is 22.6. The zero-order valence-electron chi connectivity index (χ0n) is 18.7. The third-order valence-electron chi connectivity index (χ3n) is 5.06. The molecule has 0 spiro atoms. The fraction of sp³-hybridized carbons (Fsp3) is 0.292. The summed E-state index contributed by atoms with van der Waals surface area (Å²) in [5.74, 6) is 1.18. The molecule has 0 saturated carbocycles. The van der Waals surface area contributed by atoms with E-state index in [-0.39, 0.29) is 6.61 Å². The van der Waals surface area contributed by atoms with Crippen LogP contribution in [0.5, 0.6) is 11.6 Å². The molecule has 0 radical (unpaired) electrons. The van der Waals surface area contributed by atoms with Gasteiger partial charge in [-0.1, -0.05) is 25.7 Å². The lowest BCUT2D eigenvalue weighted by Gasteiger charge is -2.16. The van der Waals surface area contributed by atoms with Crippen LogP contribution in [0.3, 0.4) is 0 Å². The average Bonchev–Trinajstić information content (AvgIpc) is 3.25. The Balaban J connectivity index is 1.42. The van der Waals surface area contributed by atoms with Crippen LogP contribution in [0, 0.1) is 0 Å². The molecule has 0 aliphatic rings. The molecular weight excluding hydrogens is 420 g/mol. The fourth-order valence-corrected chi connectivity index (χ4v) is 3.98. The van der Waals surface area contributed by atoms with E-state index in [4.69, 9.17) is 9.47 Å². The van der Waals surface area contributed by atoms with Crippen molar-refractivity contribution in [1.82, 2.24) is 19.7 Å². The highest BCUT2D eigenvalue weighted by Crippen LogP contribution is 2.26. The minimum Gasteiger partial charge on any atom is -0.439 e. The van der Waals surface area contributed by atoms with Crippen LogP contribution < -0.4 is 4.74 Å². The van der Waals surface area contributed by atoms with Gasteiger partial charge in [0.2, 0.25) is 5.88 Å². The van der Waals surface area contributed by atoms with Crippen molar-refractivity contribution in [3.8, 4) is 22.9 Å². The first kappa shape index (κ1) is 22.1. The quantitative estimate of drug-likeness (QED) is 0.284. The Labute approximate surface area is 188 Å². The number of aliphatic hydroxyl groups is 1. The number of ether oxygens (including phenoxy) is 2. The van der Waals surface area contributed by atoms with Crippen LogP contribution in [-0.2, 0) is 18.1 Å². The Kier molecular flexibility index (Phi) is 6.64. The molecule has 32 heavy (non-hydrogen) atoms. The van der Waals surface area contributed by atoms with Crippen molar-refractivity contribution in [1.29, 1.82) is 0 Å². The summed E-state index contributed by atoms with van der Waals surface area (Å²) >= 11 is 0. The largest absolute Gasteiger partial charge is 0.439 e. The van der Waals surface area contributed by atoms with Crippen LogP contribution in [0.4, 0.5) is 0 Å². The van der Waals surface area contributed by atoms with Gasteiger partial charge in [-0.3, -0.25) is 4.98 Å². The molecular formula is C24H28N4O3Si. The van der Waals surface area contributed by atoms with Gasteiger partial charge in [0.15, 0.2) is 0 Å². The van der Waals surface area contributed by atoms with Crippen LogP contribution >= 0.6 is 0 Å². The molecule has 0 aliphatic heterocycles. The molecule has 3 heterocycles. The van der Waals surface area contributed by atoms with E-state index in [2.05, 4.69) is 34.7 Å². The maximum Gasteiger partial charge on any atom is 0.219 e. The fourth-order valence-electron chi connectivity index (χ4n) is 3.22. The molecule has 0 bridgehead atoms. The standard InChI is InChI=1S/C24H28N4O3Si/c1-32(2,3)13-12-30-17-28-23(10-11-26-28)19-5-9-24(25-15-19)31-21-7-8-22-18(14-21)4-6-20(16-29)27-22/h4-11,14-15,29H,12-13,16-17H2,1-3H3. The van der Waals surface area contributed by atoms with Crippen LogP contribution in [0.1, 0.15) is 5.69 Å². The van der Waals surface area contributed by atoms with Crippen molar-refractivity contribution < 1.29 is 14.6 Å². The second kappa shape index (κ2) is 9.60. The van der Waals surface area contributed by atoms with Gasteiger partial charge in [0.25, 0.3) is 0 Å². The Morgan fingerprint density at radius 3 is 2.66 bits per heavy atom. The first-order valence-electron chi connectivity index (χ1n) is 10.7. The van der Waals surface area contributed by atoms with Crippen LogP contribution in [0.15, 0.2) is 60.9 Å². The first-order valence-corrected chi connectivity index (χ1v) is 14.4. The molecule has 4 rings (SSSR count). The predicted octanol–water partition coefficient (Wildman–Crippen LogP) is 5.09. The van der Waals surface area contributed by atoms with Crippen LogP contribution in [0.25, 0.3) is 22.2 Å². The summed E-state index contributed by atoms with van der Waals surface area (Å²) in [6.45, 7) is 8.12. The molecule has 0 amide bonds. The van der Waals surface area contributed by atoms with E-state index in [1.807, 2.05) is 47.1 Å².